The van der Waals surface area contributed by atoms with Gasteiger partial charge < -0.3 is 33.5 Å². The lowest BCUT2D eigenvalue weighted by atomic mass is 9.43. The van der Waals surface area contributed by atoms with E-state index in [1.165, 1.54) is 6.92 Å². The molecule has 2 aromatic carbocycles. The van der Waals surface area contributed by atoms with Gasteiger partial charge in [-0.15, -0.1) is 0 Å². The summed E-state index contributed by atoms with van der Waals surface area (Å²) < 4.78 is 38.8. The van der Waals surface area contributed by atoms with E-state index in [9.17, 15) is 19.5 Å². The minimum absolute atomic E-state index is 0.0436. The second-order valence-electron chi connectivity index (χ2n) is 18.0. The summed E-state index contributed by atoms with van der Waals surface area (Å²) in [6.07, 6.45) is 4.87. The van der Waals surface area contributed by atoms with Gasteiger partial charge in [0.15, 0.2) is 5.79 Å². The van der Waals surface area contributed by atoms with Crippen molar-refractivity contribution in [2.45, 2.75) is 127 Å². The number of hydrogen-bond donors (Lipinski definition) is 1. The lowest BCUT2D eigenvalue weighted by molar-refractivity contribution is -0.327. The molecule has 0 radical (unpaired) electrons. The van der Waals surface area contributed by atoms with Gasteiger partial charge in [-0.1, -0.05) is 57.2 Å². The molecular weight excluding hydrogens is 676 g/mol. The Morgan fingerprint density at radius 3 is 2.17 bits per heavy atom. The number of hydrogen-bond acceptors (Lipinski definition) is 10. The van der Waals surface area contributed by atoms with Crippen LogP contribution >= 0.6 is 0 Å². The van der Waals surface area contributed by atoms with E-state index in [1.54, 1.807) is 36.4 Å². The molecule has 0 amide bonds. The van der Waals surface area contributed by atoms with E-state index in [-0.39, 0.29) is 47.8 Å². The summed E-state index contributed by atoms with van der Waals surface area (Å²) in [6, 6.07) is 18.0. The SMILES string of the molecule is CC(=O)O[C@H]1CC[C@@]2(C)[C@@H](CC[C@@H]3[C@@H]2C[C@@H](OC(=O)c2ccccc2)[C@]2(C)[C@H]4[C@@H](C)[C@]5(CC[C@@](C)(COC(=O)c6ccccc6)O5)O[C@@]4(O)[C@H]4O[C@]342)C1. The van der Waals surface area contributed by atoms with Crippen LogP contribution in [0.5, 0.6) is 0 Å². The van der Waals surface area contributed by atoms with E-state index in [2.05, 4.69) is 20.8 Å². The van der Waals surface area contributed by atoms with Gasteiger partial charge in [-0.05, 0) is 99.3 Å². The minimum atomic E-state index is -1.67. The molecule has 0 aromatic heterocycles. The molecule has 10 nitrogen and oxygen atoms in total. The number of aliphatic hydroxyl groups is 1. The number of rotatable bonds is 6. The molecule has 3 saturated heterocycles. The lowest BCUT2D eigenvalue weighted by Gasteiger charge is -2.62. The van der Waals surface area contributed by atoms with E-state index < -0.39 is 52.3 Å². The van der Waals surface area contributed by atoms with Crippen LogP contribution in [-0.2, 0) is 33.2 Å². The predicted molar refractivity (Wildman–Crippen MR) is 190 cm³/mol. The molecule has 2 aromatic rings. The number of ether oxygens (including phenoxy) is 6. The van der Waals surface area contributed by atoms with Crippen LogP contribution in [0.2, 0.25) is 0 Å². The van der Waals surface area contributed by atoms with Gasteiger partial charge in [0.25, 0.3) is 0 Å². The molecule has 10 heteroatoms. The molecular formula is C43H52O10. The zero-order valence-electron chi connectivity index (χ0n) is 31.4. The van der Waals surface area contributed by atoms with Crippen LogP contribution in [0.4, 0.5) is 0 Å². The Bertz CT molecular complexity index is 1800. The smallest absolute Gasteiger partial charge is 0.338 e. The van der Waals surface area contributed by atoms with Crippen molar-refractivity contribution in [1.82, 2.24) is 0 Å². The molecule has 7 aliphatic rings. The minimum Gasteiger partial charge on any atom is -0.463 e. The summed E-state index contributed by atoms with van der Waals surface area (Å²) in [5, 5.41) is 12.9. The molecule has 1 N–H and O–H groups in total. The van der Waals surface area contributed by atoms with Gasteiger partial charge in [0.1, 0.15) is 36.1 Å². The van der Waals surface area contributed by atoms with Gasteiger partial charge in [0.2, 0.25) is 5.79 Å². The highest BCUT2D eigenvalue weighted by atomic mass is 16.8. The predicted octanol–water partition coefficient (Wildman–Crippen LogP) is 6.63. The highest BCUT2D eigenvalue weighted by molar-refractivity contribution is 5.90. The molecule has 9 rings (SSSR count). The van der Waals surface area contributed by atoms with Crippen molar-refractivity contribution in [1.29, 1.82) is 0 Å². The van der Waals surface area contributed by atoms with Gasteiger partial charge in [-0.3, -0.25) is 4.79 Å². The molecule has 7 fully saturated rings. The fourth-order valence-corrected chi connectivity index (χ4v) is 12.9. The second-order valence-corrected chi connectivity index (χ2v) is 18.0. The third kappa shape index (κ3) is 4.93. The first-order chi connectivity index (χ1) is 25.2. The molecule has 4 saturated carbocycles. The summed E-state index contributed by atoms with van der Waals surface area (Å²) in [4.78, 5) is 38.7. The van der Waals surface area contributed by atoms with Crippen molar-refractivity contribution in [3.63, 3.8) is 0 Å². The number of epoxide rings is 1. The van der Waals surface area contributed by atoms with E-state index in [0.29, 0.717) is 36.3 Å². The number of carbonyl (C=O) groups excluding carboxylic acids is 3. The van der Waals surface area contributed by atoms with Crippen molar-refractivity contribution in [3.8, 4) is 0 Å². The Hall–Kier alpha value is -3.31. The zero-order chi connectivity index (χ0) is 37.2. The molecule has 0 bridgehead atoms. The number of benzene rings is 2. The summed E-state index contributed by atoms with van der Waals surface area (Å²) >= 11 is 0. The second kappa shape index (κ2) is 11.8. The third-order valence-electron chi connectivity index (χ3n) is 15.3. The largest absolute Gasteiger partial charge is 0.463 e. The molecule has 284 valence electrons. The van der Waals surface area contributed by atoms with Gasteiger partial charge >= 0.3 is 17.9 Å². The van der Waals surface area contributed by atoms with Gasteiger partial charge in [-0.25, -0.2) is 9.59 Å². The van der Waals surface area contributed by atoms with Crippen molar-refractivity contribution < 1.29 is 47.9 Å². The lowest BCUT2D eigenvalue weighted by Crippen LogP contribution is -2.65. The average molecular weight is 729 g/mol. The number of esters is 3. The summed E-state index contributed by atoms with van der Waals surface area (Å²) in [6.45, 7) is 10.1. The molecule has 14 atom stereocenters. The number of fused-ring (bicyclic) bond motifs is 6. The van der Waals surface area contributed by atoms with Crippen LogP contribution in [0, 0.1) is 40.4 Å². The van der Waals surface area contributed by atoms with Gasteiger partial charge in [0.05, 0.1) is 11.1 Å². The Balaban J connectivity index is 1.03. The van der Waals surface area contributed by atoms with E-state index in [4.69, 9.17) is 28.4 Å². The fourth-order valence-electron chi connectivity index (χ4n) is 12.9. The molecule has 3 aliphatic heterocycles. The summed E-state index contributed by atoms with van der Waals surface area (Å²) in [5.41, 5.74) is -1.49. The Morgan fingerprint density at radius 2 is 1.49 bits per heavy atom. The highest BCUT2D eigenvalue weighted by Gasteiger charge is 2.95. The maximum absolute atomic E-state index is 14.0. The van der Waals surface area contributed by atoms with E-state index in [0.717, 1.165) is 32.1 Å². The first-order valence-corrected chi connectivity index (χ1v) is 19.7. The molecule has 53 heavy (non-hydrogen) atoms. The molecule has 0 unspecified atom stereocenters. The summed E-state index contributed by atoms with van der Waals surface area (Å²) in [7, 11) is 0. The van der Waals surface area contributed by atoms with Crippen LogP contribution in [-0.4, -0.2) is 70.7 Å². The maximum atomic E-state index is 14.0. The maximum Gasteiger partial charge on any atom is 0.338 e. The van der Waals surface area contributed by atoms with Crippen molar-refractivity contribution >= 4 is 17.9 Å². The first-order valence-electron chi connectivity index (χ1n) is 19.7. The summed E-state index contributed by atoms with van der Waals surface area (Å²) in [5.74, 6) is -3.95. The number of carbonyl (C=O) groups is 3. The van der Waals surface area contributed by atoms with Crippen LogP contribution < -0.4 is 0 Å². The van der Waals surface area contributed by atoms with Gasteiger partial charge in [0, 0.05) is 30.6 Å². The quantitative estimate of drug-likeness (QED) is 0.197. The molecule has 3 heterocycles. The Morgan fingerprint density at radius 1 is 0.811 bits per heavy atom. The van der Waals surface area contributed by atoms with Crippen molar-refractivity contribution in [2.75, 3.05) is 6.61 Å². The first kappa shape index (κ1) is 35.4. The monoisotopic (exact) mass is 728 g/mol. The Labute approximate surface area is 311 Å². The molecule has 2 spiro atoms. The third-order valence-corrected chi connectivity index (χ3v) is 15.3. The van der Waals surface area contributed by atoms with Crippen LogP contribution in [0.15, 0.2) is 60.7 Å². The Kier molecular flexibility index (Phi) is 7.91. The fraction of sp³-hybridized carbons (Fsp3) is 0.651. The highest BCUT2D eigenvalue weighted by Crippen LogP contribution is 2.82. The van der Waals surface area contributed by atoms with E-state index >= 15 is 0 Å². The normalized spacial score (nSPS) is 47.4. The van der Waals surface area contributed by atoms with Crippen LogP contribution in [0.25, 0.3) is 0 Å². The topological polar surface area (TPSA) is 130 Å². The molecule has 4 aliphatic carbocycles. The van der Waals surface area contributed by atoms with Crippen LogP contribution in [0.1, 0.15) is 107 Å². The van der Waals surface area contributed by atoms with Crippen LogP contribution in [0.3, 0.4) is 0 Å². The van der Waals surface area contributed by atoms with Crippen molar-refractivity contribution in [2.24, 2.45) is 40.4 Å². The van der Waals surface area contributed by atoms with Crippen molar-refractivity contribution in [3.05, 3.63) is 71.8 Å². The zero-order valence-corrected chi connectivity index (χ0v) is 31.4. The van der Waals surface area contributed by atoms with E-state index in [1.807, 2.05) is 31.2 Å². The standard InChI is InChI=1S/C43H52O10/c1-25-34-40(5)33(50-36(46)28-14-10-7-11-15-28)23-32-31(17-16-29-22-30(49-26(2)44)18-19-39(29,32)4)42(40)37(51-42)43(34,47)53-41(25)21-20-38(3,52-41)24-48-35(45)27-12-8-6-9-13-27/h6-15,25,29-34,37,47H,16-24H2,1-5H3/t25-,29+,30+,31-,32+,33-,34-,37+,38+,39+,40-,41+,42-,43-/m1/s1. The van der Waals surface area contributed by atoms with Gasteiger partial charge in [-0.2, -0.15) is 0 Å². The average Bonchev–Trinajstić information content (AvgIpc) is 3.70.